The minimum Gasteiger partial charge on any atom is -0.508 e. The molecule has 1 aromatic heterocycles. The van der Waals surface area contributed by atoms with Gasteiger partial charge in [-0.05, 0) is 36.4 Å². The van der Waals surface area contributed by atoms with Crippen LogP contribution >= 0.6 is 22.9 Å². The van der Waals surface area contributed by atoms with Crippen molar-refractivity contribution in [2.24, 2.45) is 0 Å². The largest absolute Gasteiger partial charge is 0.508 e. The van der Waals surface area contributed by atoms with Gasteiger partial charge < -0.3 is 9.84 Å². The Hall–Kier alpha value is -1.78. The molecule has 0 saturated carbocycles. The van der Waals surface area contributed by atoms with E-state index in [2.05, 4.69) is 4.98 Å². The van der Waals surface area contributed by atoms with E-state index < -0.39 is 0 Å². The highest BCUT2D eigenvalue weighted by atomic mass is 35.5. The van der Waals surface area contributed by atoms with Crippen molar-refractivity contribution in [2.45, 2.75) is 0 Å². The number of phenolic OH excluding ortho intramolecular Hbond substituents is 1. The van der Waals surface area contributed by atoms with Crippen LogP contribution in [0.3, 0.4) is 0 Å². The molecule has 0 fully saturated rings. The minimum absolute atomic E-state index is 0.203. The summed E-state index contributed by atoms with van der Waals surface area (Å²) in [5.41, 5.74) is 0.748. The average Bonchev–Trinajstić information content (AvgIpc) is 2.76. The average molecular weight is 278 g/mol. The minimum atomic E-state index is 0.203. The molecule has 0 amide bonds. The predicted octanol–water partition coefficient (Wildman–Crippen LogP) is 4.45. The third kappa shape index (κ3) is 2.12. The van der Waals surface area contributed by atoms with E-state index in [1.54, 1.807) is 30.3 Å². The smallest absolute Gasteiger partial charge is 0.279 e. The Kier molecular flexibility index (Phi) is 2.81. The molecule has 3 nitrogen and oxygen atoms in total. The third-order valence-electron chi connectivity index (χ3n) is 2.39. The molecule has 3 aromatic rings. The van der Waals surface area contributed by atoms with Gasteiger partial charge in [-0.1, -0.05) is 29.0 Å². The molecule has 0 bridgehead atoms. The lowest BCUT2D eigenvalue weighted by Crippen LogP contribution is -1.81. The van der Waals surface area contributed by atoms with E-state index in [1.165, 1.54) is 11.3 Å². The Morgan fingerprint density at radius 3 is 2.61 bits per heavy atom. The van der Waals surface area contributed by atoms with E-state index >= 15 is 0 Å². The number of nitrogens with zero attached hydrogens (tertiary/aromatic N) is 1. The molecule has 3 rings (SSSR count). The molecule has 18 heavy (non-hydrogen) atoms. The van der Waals surface area contributed by atoms with Gasteiger partial charge in [0.05, 0.1) is 9.72 Å². The van der Waals surface area contributed by atoms with Gasteiger partial charge in [0, 0.05) is 0 Å². The summed E-state index contributed by atoms with van der Waals surface area (Å²) in [6, 6.07) is 12.1. The molecular weight excluding hydrogens is 270 g/mol. The first-order valence-corrected chi connectivity index (χ1v) is 6.44. The number of hydrogen-bond donors (Lipinski definition) is 1. The zero-order valence-electron chi connectivity index (χ0n) is 9.13. The quantitative estimate of drug-likeness (QED) is 0.752. The summed E-state index contributed by atoms with van der Waals surface area (Å²) in [5.74, 6) is 0.831. The molecule has 2 aromatic carbocycles. The molecule has 0 atom stereocenters. The first-order valence-electron chi connectivity index (χ1n) is 5.24. The second kappa shape index (κ2) is 4.48. The van der Waals surface area contributed by atoms with Gasteiger partial charge in [0.25, 0.3) is 5.19 Å². The molecule has 0 aliphatic heterocycles. The summed E-state index contributed by atoms with van der Waals surface area (Å²) in [6.45, 7) is 0. The van der Waals surface area contributed by atoms with Crippen LogP contribution in [0, 0.1) is 0 Å². The second-order valence-electron chi connectivity index (χ2n) is 3.66. The number of halogens is 1. The van der Waals surface area contributed by atoms with Crippen molar-refractivity contribution in [1.29, 1.82) is 0 Å². The van der Waals surface area contributed by atoms with Gasteiger partial charge in [-0.2, -0.15) is 0 Å². The van der Waals surface area contributed by atoms with Crippen molar-refractivity contribution in [2.75, 3.05) is 0 Å². The number of aromatic hydroxyl groups is 1. The standard InChI is InChI=1S/C13H8ClNO2S/c14-10-2-1-3-11-12(10)15-13(18-11)17-9-6-4-8(16)5-7-9/h1-7,16H. The van der Waals surface area contributed by atoms with Crippen molar-refractivity contribution in [1.82, 2.24) is 4.98 Å². The number of rotatable bonds is 2. The molecule has 0 spiro atoms. The van der Waals surface area contributed by atoms with Crippen molar-refractivity contribution in [3.05, 3.63) is 47.5 Å². The maximum atomic E-state index is 9.19. The van der Waals surface area contributed by atoms with Crippen LogP contribution < -0.4 is 4.74 Å². The number of aromatic nitrogens is 1. The summed E-state index contributed by atoms with van der Waals surface area (Å²) in [7, 11) is 0. The SMILES string of the molecule is Oc1ccc(Oc2nc3c(Cl)cccc3s2)cc1. The van der Waals surface area contributed by atoms with E-state index in [-0.39, 0.29) is 5.75 Å². The lowest BCUT2D eigenvalue weighted by atomic mass is 10.3. The summed E-state index contributed by atoms with van der Waals surface area (Å²) in [5, 5.41) is 10.3. The summed E-state index contributed by atoms with van der Waals surface area (Å²) in [4.78, 5) is 4.33. The molecule has 0 unspecified atom stereocenters. The molecule has 0 aliphatic rings. The number of phenols is 1. The maximum Gasteiger partial charge on any atom is 0.279 e. The van der Waals surface area contributed by atoms with Gasteiger partial charge in [-0.25, -0.2) is 4.98 Å². The van der Waals surface area contributed by atoms with Gasteiger partial charge in [-0.15, -0.1) is 0 Å². The van der Waals surface area contributed by atoms with E-state index in [0.29, 0.717) is 16.0 Å². The lowest BCUT2D eigenvalue weighted by molar-refractivity contribution is 0.463. The normalized spacial score (nSPS) is 10.7. The fourth-order valence-electron chi connectivity index (χ4n) is 1.55. The Labute approximate surface area is 112 Å². The van der Waals surface area contributed by atoms with Crippen LogP contribution in [-0.4, -0.2) is 10.1 Å². The van der Waals surface area contributed by atoms with Crippen molar-refractivity contribution >= 4 is 33.2 Å². The topological polar surface area (TPSA) is 42.4 Å². The molecule has 5 heteroatoms. The number of hydrogen-bond acceptors (Lipinski definition) is 4. The summed E-state index contributed by atoms with van der Waals surface area (Å²) >= 11 is 7.48. The number of ether oxygens (including phenoxy) is 1. The number of para-hydroxylation sites is 1. The van der Waals surface area contributed by atoms with Crippen LogP contribution in [-0.2, 0) is 0 Å². The number of benzene rings is 2. The van der Waals surface area contributed by atoms with Crippen LogP contribution in [0.15, 0.2) is 42.5 Å². The molecule has 1 heterocycles. The molecule has 1 N–H and O–H groups in total. The Bertz CT molecular complexity index is 694. The van der Waals surface area contributed by atoms with Crippen molar-refractivity contribution < 1.29 is 9.84 Å². The highest BCUT2D eigenvalue weighted by Crippen LogP contribution is 2.34. The predicted molar refractivity (Wildman–Crippen MR) is 72.8 cm³/mol. The molecular formula is C13H8ClNO2S. The van der Waals surface area contributed by atoms with E-state index in [9.17, 15) is 5.11 Å². The van der Waals surface area contributed by atoms with Gasteiger partial charge in [0.15, 0.2) is 0 Å². The van der Waals surface area contributed by atoms with Gasteiger partial charge in [-0.3, -0.25) is 0 Å². The van der Waals surface area contributed by atoms with Crippen molar-refractivity contribution in [3.63, 3.8) is 0 Å². The molecule has 0 saturated heterocycles. The van der Waals surface area contributed by atoms with Gasteiger partial charge in [0.2, 0.25) is 0 Å². The second-order valence-corrected chi connectivity index (χ2v) is 5.06. The van der Waals surface area contributed by atoms with Crippen LogP contribution in [0.5, 0.6) is 16.7 Å². The molecule has 0 radical (unpaired) electrons. The highest BCUT2D eigenvalue weighted by Gasteiger charge is 2.08. The highest BCUT2D eigenvalue weighted by molar-refractivity contribution is 7.20. The van der Waals surface area contributed by atoms with Crippen LogP contribution in [0.1, 0.15) is 0 Å². The Morgan fingerprint density at radius 2 is 1.89 bits per heavy atom. The number of thiazole rings is 1. The fourth-order valence-corrected chi connectivity index (χ4v) is 2.69. The first-order chi connectivity index (χ1) is 8.72. The maximum absolute atomic E-state index is 9.19. The fraction of sp³-hybridized carbons (Fsp3) is 0. The zero-order chi connectivity index (χ0) is 12.5. The summed E-state index contributed by atoms with van der Waals surface area (Å²) in [6.07, 6.45) is 0. The van der Waals surface area contributed by atoms with E-state index in [0.717, 1.165) is 10.2 Å². The Balaban J connectivity index is 1.95. The van der Waals surface area contributed by atoms with Crippen molar-refractivity contribution in [3.8, 4) is 16.7 Å². The molecule has 90 valence electrons. The van der Waals surface area contributed by atoms with Crippen LogP contribution in [0.25, 0.3) is 10.2 Å². The van der Waals surface area contributed by atoms with E-state index in [1.807, 2.05) is 12.1 Å². The zero-order valence-corrected chi connectivity index (χ0v) is 10.7. The van der Waals surface area contributed by atoms with Crippen LogP contribution in [0.2, 0.25) is 5.02 Å². The third-order valence-corrected chi connectivity index (χ3v) is 3.60. The first kappa shape index (κ1) is 11.3. The van der Waals surface area contributed by atoms with Gasteiger partial charge in [0.1, 0.15) is 17.0 Å². The van der Waals surface area contributed by atoms with Crippen LogP contribution in [0.4, 0.5) is 0 Å². The summed E-state index contributed by atoms with van der Waals surface area (Å²) < 4.78 is 6.59. The monoisotopic (exact) mass is 277 g/mol. The lowest BCUT2D eigenvalue weighted by Gasteiger charge is -2.00. The van der Waals surface area contributed by atoms with E-state index in [4.69, 9.17) is 16.3 Å². The van der Waals surface area contributed by atoms with Gasteiger partial charge >= 0.3 is 0 Å². The number of fused-ring (bicyclic) bond motifs is 1. The molecule has 0 aliphatic carbocycles. The Morgan fingerprint density at radius 1 is 1.11 bits per heavy atom.